The van der Waals surface area contributed by atoms with Gasteiger partial charge in [-0.25, -0.2) is 4.79 Å². The van der Waals surface area contributed by atoms with Crippen molar-refractivity contribution in [2.24, 2.45) is 5.92 Å². The van der Waals surface area contributed by atoms with Crippen molar-refractivity contribution in [2.75, 3.05) is 33.3 Å². The number of piperidine rings is 1. The van der Waals surface area contributed by atoms with Crippen molar-refractivity contribution in [1.82, 2.24) is 9.80 Å². The summed E-state index contributed by atoms with van der Waals surface area (Å²) in [5, 5.41) is 8.67. The van der Waals surface area contributed by atoms with E-state index in [0.717, 1.165) is 12.8 Å². The number of nitrogens with zero attached hydrogens (tertiary/aromatic N) is 2. The fourth-order valence-electron chi connectivity index (χ4n) is 2.45. The van der Waals surface area contributed by atoms with Gasteiger partial charge in [0.05, 0.1) is 6.61 Å². The van der Waals surface area contributed by atoms with Crippen LogP contribution in [0.4, 0.5) is 4.79 Å². The first kappa shape index (κ1) is 17.3. The maximum Gasteiger partial charge on any atom is 0.325 e. The number of aliphatic carboxylic acids is 1. The summed E-state index contributed by atoms with van der Waals surface area (Å²) in [6, 6.07) is -0.181. The van der Waals surface area contributed by atoms with Crippen LogP contribution >= 0.6 is 0 Å². The Labute approximate surface area is 124 Å². The Balaban J connectivity index is 2.34. The smallest absolute Gasteiger partial charge is 0.325 e. The molecule has 7 heteroatoms. The predicted octanol–water partition coefficient (Wildman–Crippen LogP) is 1.18. The summed E-state index contributed by atoms with van der Waals surface area (Å²) in [5.74, 6) is -0.826. The van der Waals surface area contributed by atoms with Crippen LogP contribution in [0, 0.1) is 5.92 Å². The molecule has 1 aliphatic heterocycles. The quantitative estimate of drug-likeness (QED) is 0.744. The number of likely N-dealkylation sites (tertiary alicyclic amines) is 1. The van der Waals surface area contributed by atoms with Gasteiger partial charge in [-0.1, -0.05) is 0 Å². The lowest BCUT2D eigenvalue weighted by Crippen LogP contribution is -2.46. The average Bonchev–Trinajstić information content (AvgIpc) is 2.45. The number of ether oxygens (including phenoxy) is 1. The van der Waals surface area contributed by atoms with Crippen molar-refractivity contribution >= 4 is 18.0 Å². The van der Waals surface area contributed by atoms with Gasteiger partial charge < -0.3 is 19.6 Å². The van der Waals surface area contributed by atoms with Crippen LogP contribution in [0.2, 0.25) is 0 Å². The molecule has 1 rings (SSSR count). The molecule has 1 fully saturated rings. The molecule has 0 saturated carbocycles. The van der Waals surface area contributed by atoms with Gasteiger partial charge in [-0.05, 0) is 32.1 Å². The normalized spacial score (nSPS) is 15.6. The van der Waals surface area contributed by atoms with E-state index in [1.807, 2.05) is 0 Å². The SMILES string of the molecule is CCOC(=O)CN(C)C(=O)N1CCC(CCC(=O)O)CC1. The largest absolute Gasteiger partial charge is 0.481 e. The van der Waals surface area contributed by atoms with Gasteiger partial charge in [-0.2, -0.15) is 0 Å². The Bertz CT molecular complexity index is 378. The zero-order valence-corrected chi connectivity index (χ0v) is 12.7. The first-order valence-corrected chi connectivity index (χ1v) is 7.31. The van der Waals surface area contributed by atoms with Gasteiger partial charge in [0.15, 0.2) is 0 Å². The molecule has 0 bridgehead atoms. The summed E-state index contributed by atoms with van der Waals surface area (Å²) in [4.78, 5) is 37.1. The maximum atomic E-state index is 12.2. The summed E-state index contributed by atoms with van der Waals surface area (Å²) < 4.78 is 4.81. The van der Waals surface area contributed by atoms with E-state index in [-0.39, 0.29) is 19.0 Å². The van der Waals surface area contributed by atoms with Crippen molar-refractivity contribution in [3.63, 3.8) is 0 Å². The van der Waals surface area contributed by atoms with Crippen molar-refractivity contribution in [1.29, 1.82) is 0 Å². The molecule has 0 aromatic heterocycles. The van der Waals surface area contributed by atoms with Crippen LogP contribution in [0.15, 0.2) is 0 Å². The fourth-order valence-corrected chi connectivity index (χ4v) is 2.45. The van der Waals surface area contributed by atoms with Crippen LogP contribution in [-0.4, -0.2) is 66.2 Å². The third-order valence-electron chi connectivity index (χ3n) is 3.65. The second-order valence-electron chi connectivity index (χ2n) is 5.31. The first-order valence-electron chi connectivity index (χ1n) is 7.31. The molecule has 21 heavy (non-hydrogen) atoms. The minimum atomic E-state index is -0.775. The number of carbonyl (C=O) groups excluding carboxylic acids is 2. The predicted molar refractivity (Wildman–Crippen MR) is 75.8 cm³/mol. The average molecular weight is 300 g/mol. The monoisotopic (exact) mass is 300 g/mol. The third-order valence-corrected chi connectivity index (χ3v) is 3.65. The van der Waals surface area contributed by atoms with E-state index in [9.17, 15) is 14.4 Å². The summed E-state index contributed by atoms with van der Waals surface area (Å²) in [7, 11) is 1.58. The second-order valence-corrected chi connectivity index (χ2v) is 5.31. The Morgan fingerprint density at radius 2 is 1.90 bits per heavy atom. The summed E-state index contributed by atoms with van der Waals surface area (Å²) >= 11 is 0. The number of esters is 1. The lowest BCUT2D eigenvalue weighted by atomic mass is 9.92. The molecule has 0 spiro atoms. The highest BCUT2D eigenvalue weighted by atomic mass is 16.5. The van der Waals surface area contributed by atoms with Gasteiger partial charge in [0.2, 0.25) is 0 Å². The molecule has 0 aliphatic carbocycles. The van der Waals surface area contributed by atoms with Gasteiger partial charge in [0.25, 0.3) is 0 Å². The van der Waals surface area contributed by atoms with E-state index >= 15 is 0 Å². The third kappa shape index (κ3) is 6.01. The van der Waals surface area contributed by atoms with Gasteiger partial charge >= 0.3 is 18.0 Å². The summed E-state index contributed by atoms with van der Waals surface area (Å²) in [5.41, 5.74) is 0. The number of amides is 2. The molecule has 0 aromatic carbocycles. The van der Waals surface area contributed by atoms with E-state index in [0.29, 0.717) is 32.0 Å². The molecule has 7 nitrogen and oxygen atoms in total. The maximum absolute atomic E-state index is 12.2. The molecule has 1 aliphatic rings. The summed E-state index contributed by atoms with van der Waals surface area (Å²) in [6.45, 7) is 3.19. The molecular weight excluding hydrogens is 276 g/mol. The summed E-state index contributed by atoms with van der Waals surface area (Å²) in [6.07, 6.45) is 2.47. The van der Waals surface area contributed by atoms with E-state index in [2.05, 4.69) is 0 Å². The van der Waals surface area contributed by atoms with Crippen LogP contribution < -0.4 is 0 Å². The number of urea groups is 1. The molecule has 1 N–H and O–H groups in total. The lowest BCUT2D eigenvalue weighted by molar-refractivity contribution is -0.143. The molecule has 0 atom stereocenters. The highest BCUT2D eigenvalue weighted by molar-refractivity contribution is 5.80. The van der Waals surface area contributed by atoms with Crippen LogP contribution in [0.25, 0.3) is 0 Å². The van der Waals surface area contributed by atoms with Crippen molar-refractivity contribution < 1.29 is 24.2 Å². The minimum Gasteiger partial charge on any atom is -0.481 e. The number of carboxylic acids is 1. The molecule has 0 unspecified atom stereocenters. The van der Waals surface area contributed by atoms with E-state index in [1.165, 1.54) is 4.90 Å². The molecule has 2 amide bonds. The molecule has 0 radical (unpaired) electrons. The van der Waals surface area contributed by atoms with Crippen molar-refractivity contribution in [3.05, 3.63) is 0 Å². The van der Waals surface area contributed by atoms with Crippen molar-refractivity contribution in [2.45, 2.75) is 32.6 Å². The van der Waals surface area contributed by atoms with Crippen LogP contribution in [0.5, 0.6) is 0 Å². The van der Waals surface area contributed by atoms with E-state index in [1.54, 1.807) is 18.9 Å². The highest BCUT2D eigenvalue weighted by Crippen LogP contribution is 2.22. The first-order chi connectivity index (χ1) is 9.93. The van der Waals surface area contributed by atoms with Gasteiger partial charge in [0, 0.05) is 26.6 Å². The zero-order valence-electron chi connectivity index (χ0n) is 12.7. The van der Waals surface area contributed by atoms with E-state index in [4.69, 9.17) is 9.84 Å². The lowest BCUT2D eigenvalue weighted by Gasteiger charge is -2.34. The Hall–Kier alpha value is -1.79. The van der Waals surface area contributed by atoms with Crippen molar-refractivity contribution in [3.8, 4) is 0 Å². The number of rotatable bonds is 6. The minimum absolute atomic E-state index is 0.0500. The van der Waals surface area contributed by atoms with Gasteiger partial charge in [-0.3, -0.25) is 9.59 Å². The van der Waals surface area contributed by atoms with Crippen LogP contribution in [0.3, 0.4) is 0 Å². The molecule has 1 saturated heterocycles. The van der Waals surface area contributed by atoms with Gasteiger partial charge in [-0.15, -0.1) is 0 Å². The number of carboxylic acid groups (broad SMARTS) is 1. The molecule has 1 heterocycles. The van der Waals surface area contributed by atoms with E-state index < -0.39 is 11.9 Å². The Kier molecular flexibility index (Phi) is 6.98. The van der Waals surface area contributed by atoms with Crippen LogP contribution in [0.1, 0.15) is 32.6 Å². The topological polar surface area (TPSA) is 87.2 Å². The molecule has 0 aromatic rings. The zero-order chi connectivity index (χ0) is 15.8. The standard InChI is InChI=1S/C14H24N2O5/c1-3-21-13(19)10-15(2)14(20)16-8-6-11(7-9-16)4-5-12(17)18/h11H,3-10H2,1-2H3,(H,17,18). The highest BCUT2D eigenvalue weighted by Gasteiger charge is 2.26. The van der Waals surface area contributed by atoms with Gasteiger partial charge in [0.1, 0.15) is 6.54 Å². The second kappa shape index (κ2) is 8.49. The molecule has 120 valence electrons. The fraction of sp³-hybridized carbons (Fsp3) is 0.786. The number of hydrogen-bond donors (Lipinski definition) is 1. The Morgan fingerprint density at radius 3 is 2.43 bits per heavy atom. The number of likely N-dealkylation sites (N-methyl/N-ethyl adjacent to an activating group) is 1. The molecular formula is C14H24N2O5. The van der Waals surface area contributed by atoms with Crippen LogP contribution in [-0.2, 0) is 14.3 Å². The Morgan fingerprint density at radius 1 is 1.29 bits per heavy atom. The number of hydrogen-bond acceptors (Lipinski definition) is 4. The number of carbonyl (C=O) groups is 3.